The zero-order valence-corrected chi connectivity index (χ0v) is 13.7. The average molecular weight is 376 g/mol. The summed E-state index contributed by atoms with van der Waals surface area (Å²) in [6.07, 6.45) is 7.34. The normalized spacial score (nSPS) is 9.91. The van der Waals surface area contributed by atoms with Crippen molar-refractivity contribution in [2.45, 2.75) is 12.8 Å². The summed E-state index contributed by atoms with van der Waals surface area (Å²) in [6.45, 7) is 0.118. The molecule has 1 aromatic carbocycles. The Bertz CT molecular complexity index is 726. The summed E-state index contributed by atoms with van der Waals surface area (Å²) < 4.78 is 5.92. The number of hydrogen-bond donors (Lipinski definition) is 2. The van der Waals surface area contributed by atoms with Crippen LogP contribution in [-0.4, -0.2) is 27.7 Å². The second kappa shape index (κ2) is 8.15. The van der Waals surface area contributed by atoms with Gasteiger partial charge in [0, 0.05) is 12.1 Å². The molecule has 0 aliphatic carbocycles. The van der Waals surface area contributed by atoms with Gasteiger partial charge in [0.25, 0.3) is 0 Å². The number of carboxylic acids is 1. The molecule has 6 nitrogen and oxygen atoms in total. The average Bonchev–Trinajstić information content (AvgIpc) is 2.54. The van der Waals surface area contributed by atoms with E-state index in [2.05, 4.69) is 37.1 Å². The number of benzene rings is 1. The van der Waals surface area contributed by atoms with E-state index in [-0.39, 0.29) is 13.0 Å². The van der Waals surface area contributed by atoms with Crippen LogP contribution >= 0.6 is 15.9 Å². The summed E-state index contributed by atoms with van der Waals surface area (Å²) in [4.78, 5) is 18.9. The van der Waals surface area contributed by atoms with Gasteiger partial charge in [0.05, 0.1) is 10.7 Å². The Morgan fingerprint density at radius 1 is 1.39 bits per heavy atom. The molecule has 2 rings (SSSR count). The van der Waals surface area contributed by atoms with Gasteiger partial charge in [-0.15, -0.1) is 6.42 Å². The summed E-state index contributed by atoms with van der Waals surface area (Å²) in [5.74, 6) is 2.30. The van der Waals surface area contributed by atoms with Gasteiger partial charge in [0.2, 0.25) is 11.8 Å². The molecule has 0 spiro atoms. The van der Waals surface area contributed by atoms with Gasteiger partial charge < -0.3 is 15.2 Å². The lowest BCUT2D eigenvalue weighted by Gasteiger charge is -2.08. The number of terminal acetylenes is 1. The SMILES string of the molecule is C#CCOc1nc(Nc2ccc(CCC(=O)O)cc2)ncc1Br. The summed E-state index contributed by atoms with van der Waals surface area (Å²) in [7, 11) is 0. The molecule has 7 heteroatoms. The zero-order valence-electron chi connectivity index (χ0n) is 12.1. The van der Waals surface area contributed by atoms with Crippen molar-refractivity contribution in [3.8, 4) is 18.2 Å². The first-order valence-electron chi connectivity index (χ1n) is 6.75. The minimum atomic E-state index is -0.810. The monoisotopic (exact) mass is 375 g/mol. The Morgan fingerprint density at radius 3 is 2.78 bits per heavy atom. The Balaban J connectivity index is 2.04. The van der Waals surface area contributed by atoms with E-state index in [0.717, 1.165) is 11.3 Å². The summed E-state index contributed by atoms with van der Waals surface area (Å²) in [6, 6.07) is 7.40. The van der Waals surface area contributed by atoms with Crippen LogP contribution in [0.25, 0.3) is 0 Å². The number of aromatic nitrogens is 2. The van der Waals surface area contributed by atoms with E-state index < -0.39 is 5.97 Å². The van der Waals surface area contributed by atoms with Crippen LogP contribution in [0.5, 0.6) is 5.88 Å². The second-order valence-electron chi connectivity index (χ2n) is 4.56. The van der Waals surface area contributed by atoms with Crippen LogP contribution < -0.4 is 10.1 Å². The molecule has 2 N–H and O–H groups in total. The fourth-order valence-corrected chi connectivity index (χ4v) is 2.06. The zero-order chi connectivity index (χ0) is 16.7. The summed E-state index contributed by atoms with van der Waals surface area (Å²) in [5, 5.41) is 11.7. The minimum absolute atomic E-state index is 0.110. The number of carbonyl (C=O) groups is 1. The number of aliphatic carboxylic acids is 1. The molecule has 1 aromatic heterocycles. The molecule has 0 aliphatic heterocycles. The maximum atomic E-state index is 10.6. The summed E-state index contributed by atoms with van der Waals surface area (Å²) >= 11 is 3.29. The van der Waals surface area contributed by atoms with E-state index in [1.165, 1.54) is 0 Å². The Kier molecular flexibility index (Phi) is 5.94. The molecule has 0 saturated carbocycles. The number of aryl methyl sites for hydroxylation is 1. The van der Waals surface area contributed by atoms with Crippen LogP contribution in [0, 0.1) is 12.3 Å². The van der Waals surface area contributed by atoms with Crippen LogP contribution in [0.3, 0.4) is 0 Å². The number of nitrogens with zero attached hydrogens (tertiary/aromatic N) is 2. The van der Waals surface area contributed by atoms with Crippen molar-refractivity contribution in [2.24, 2.45) is 0 Å². The maximum Gasteiger partial charge on any atom is 0.303 e. The molecule has 0 bridgehead atoms. The van der Waals surface area contributed by atoms with Gasteiger partial charge in [-0.25, -0.2) is 4.98 Å². The van der Waals surface area contributed by atoms with Gasteiger partial charge in [-0.1, -0.05) is 18.1 Å². The van der Waals surface area contributed by atoms with Crippen LogP contribution in [0.15, 0.2) is 34.9 Å². The van der Waals surface area contributed by atoms with Crippen molar-refractivity contribution in [1.29, 1.82) is 0 Å². The van der Waals surface area contributed by atoms with Crippen LogP contribution in [0.1, 0.15) is 12.0 Å². The van der Waals surface area contributed by atoms with Gasteiger partial charge in [0.15, 0.2) is 6.61 Å². The lowest BCUT2D eigenvalue weighted by Crippen LogP contribution is -2.02. The van der Waals surface area contributed by atoms with E-state index in [1.807, 2.05) is 24.3 Å². The quantitative estimate of drug-likeness (QED) is 0.723. The van der Waals surface area contributed by atoms with Crippen molar-refractivity contribution in [3.63, 3.8) is 0 Å². The lowest BCUT2D eigenvalue weighted by molar-refractivity contribution is -0.136. The molecule has 118 valence electrons. The van der Waals surface area contributed by atoms with Crippen molar-refractivity contribution in [1.82, 2.24) is 9.97 Å². The van der Waals surface area contributed by atoms with Crippen molar-refractivity contribution < 1.29 is 14.6 Å². The van der Waals surface area contributed by atoms with E-state index in [1.54, 1.807) is 6.20 Å². The van der Waals surface area contributed by atoms with E-state index in [4.69, 9.17) is 16.3 Å². The molecule has 2 aromatic rings. The minimum Gasteiger partial charge on any atom is -0.481 e. The predicted molar refractivity (Wildman–Crippen MR) is 89.7 cm³/mol. The van der Waals surface area contributed by atoms with Crippen LogP contribution in [0.2, 0.25) is 0 Å². The van der Waals surface area contributed by atoms with E-state index in [0.29, 0.717) is 22.7 Å². The van der Waals surface area contributed by atoms with Gasteiger partial charge in [0.1, 0.15) is 0 Å². The molecule has 23 heavy (non-hydrogen) atoms. The highest BCUT2D eigenvalue weighted by molar-refractivity contribution is 9.10. The molecular formula is C16H14BrN3O3. The molecule has 0 atom stereocenters. The van der Waals surface area contributed by atoms with Gasteiger partial charge in [-0.05, 0) is 40.0 Å². The van der Waals surface area contributed by atoms with E-state index >= 15 is 0 Å². The highest BCUT2D eigenvalue weighted by atomic mass is 79.9. The molecule has 0 radical (unpaired) electrons. The Hall–Kier alpha value is -2.59. The predicted octanol–water partition coefficient (Wildman–Crippen LogP) is 3.01. The standard InChI is InChI=1S/C16H14BrN3O3/c1-2-9-23-15-13(17)10-18-16(20-15)19-12-6-3-11(4-7-12)5-8-14(21)22/h1,3-4,6-7,10H,5,8-9H2,(H,21,22)(H,18,19,20). The number of carboxylic acid groups (broad SMARTS) is 1. The molecule has 1 heterocycles. The maximum absolute atomic E-state index is 10.6. The van der Waals surface area contributed by atoms with Gasteiger partial charge in [-0.2, -0.15) is 4.98 Å². The van der Waals surface area contributed by atoms with Gasteiger partial charge >= 0.3 is 5.97 Å². The number of nitrogens with one attached hydrogen (secondary N) is 1. The third-order valence-corrected chi connectivity index (χ3v) is 3.39. The first-order chi connectivity index (χ1) is 11.1. The van der Waals surface area contributed by atoms with Crippen LogP contribution in [0.4, 0.5) is 11.6 Å². The topological polar surface area (TPSA) is 84.3 Å². The number of halogens is 1. The number of hydrogen-bond acceptors (Lipinski definition) is 5. The molecule has 0 unspecified atom stereocenters. The third-order valence-electron chi connectivity index (χ3n) is 2.84. The third kappa shape index (κ3) is 5.27. The molecule has 0 fully saturated rings. The fourth-order valence-electron chi connectivity index (χ4n) is 1.76. The summed E-state index contributed by atoms with van der Waals surface area (Å²) in [5.41, 5.74) is 1.74. The number of rotatable bonds is 7. The first kappa shape index (κ1) is 16.8. The van der Waals surface area contributed by atoms with Gasteiger partial charge in [-0.3, -0.25) is 4.79 Å². The van der Waals surface area contributed by atoms with Crippen LogP contribution in [-0.2, 0) is 11.2 Å². The van der Waals surface area contributed by atoms with Crippen molar-refractivity contribution in [2.75, 3.05) is 11.9 Å². The van der Waals surface area contributed by atoms with Crippen molar-refractivity contribution >= 4 is 33.5 Å². The number of anilines is 2. The molecule has 0 saturated heterocycles. The highest BCUT2D eigenvalue weighted by Crippen LogP contribution is 2.24. The van der Waals surface area contributed by atoms with Crippen molar-refractivity contribution in [3.05, 3.63) is 40.5 Å². The largest absolute Gasteiger partial charge is 0.481 e. The molecule has 0 amide bonds. The second-order valence-corrected chi connectivity index (χ2v) is 5.41. The first-order valence-corrected chi connectivity index (χ1v) is 7.54. The molecular weight excluding hydrogens is 362 g/mol. The highest BCUT2D eigenvalue weighted by Gasteiger charge is 2.06. The van der Waals surface area contributed by atoms with E-state index in [9.17, 15) is 4.79 Å². The fraction of sp³-hybridized carbons (Fsp3) is 0.188. The Morgan fingerprint density at radius 2 is 2.13 bits per heavy atom. The lowest BCUT2D eigenvalue weighted by atomic mass is 10.1. The number of ether oxygens (including phenoxy) is 1. The smallest absolute Gasteiger partial charge is 0.303 e. The Labute approximate surface area is 142 Å². The molecule has 0 aliphatic rings.